The number of alkyl halides is 3. The Morgan fingerprint density at radius 3 is 2.28 bits per heavy atom. The Balaban J connectivity index is 1.50. The molecule has 1 aliphatic rings. The van der Waals surface area contributed by atoms with Crippen molar-refractivity contribution in [3.8, 4) is 11.4 Å². The predicted molar refractivity (Wildman–Crippen MR) is 112 cm³/mol. The van der Waals surface area contributed by atoms with E-state index in [-0.39, 0.29) is 17.3 Å². The maximum Gasteiger partial charge on any atom is 0.416 e. The number of benzene rings is 2. The minimum atomic E-state index is -4.45. The Hall–Kier alpha value is -3.49. The van der Waals surface area contributed by atoms with Gasteiger partial charge in [-0.25, -0.2) is 14.4 Å². The van der Waals surface area contributed by atoms with Crippen LogP contribution in [0.4, 0.5) is 23.4 Å². The summed E-state index contributed by atoms with van der Waals surface area (Å²) in [5, 5.41) is 0. The van der Waals surface area contributed by atoms with E-state index in [9.17, 15) is 22.4 Å². The zero-order valence-corrected chi connectivity index (χ0v) is 17.2. The van der Waals surface area contributed by atoms with Crippen molar-refractivity contribution in [1.82, 2.24) is 14.9 Å². The van der Waals surface area contributed by atoms with Gasteiger partial charge in [-0.15, -0.1) is 0 Å². The lowest BCUT2D eigenvalue weighted by Crippen LogP contribution is -2.49. The Kier molecular flexibility index (Phi) is 5.82. The van der Waals surface area contributed by atoms with Crippen molar-refractivity contribution < 1.29 is 22.4 Å². The number of carbonyl (C=O) groups is 1. The van der Waals surface area contributed by atoms with Crippen LogP contribution >= 0.6 is 0 Å². The van der Waals surface area contributed by atoms with Crippen molar-refractivity contribution >= 4 is 11.7 Å². The lowest BCUT2D eigenvalue weighted by molar-refractivity contribution is -0.137. The quantitative estimate of drug-likeness (QED) is 0.556. The average molecular weight is 444 g/mol. The van der Waals surface area contributed by atoms with E-state index in [0.29, 0.717) is 43.3 Å². The molecule has 32 heavy (non-hydrogen) atoms. The third-order valence-corrected chi connectivity index (χ3v) is 5.27. The number of rotatable bonds is 3. The zero-order chi connectivity index (χ0) is 22.9. The Morgan fingerprint density at radius 1 is 0.938 bits per heavy atom. The minimum Gasteiger partial charge on any atom is -0.353 e. The van der Waals surface area contributed by atoms with Gasteiger partial charge in [0, 0.05) is 49.1 Å². The number of aryl methyl sites for hydroxylation is 1. The van der Waals surface area contributed by atoms with Crippen LogP contribution in [0.2, 0.25) is 0 Å². The van der Waals surface area contributed by atoms with Crippen LogP contribution in [0.3, 0.4) is 0 Å². The molecular weight excluding hydrogens is 424 g/mol. The highest BCUT2D eigenvalue weighted by molar-refractivity contribution is 5.94. The van der Waals surface area contributed by atoms with Crippen LogP contribution in [0, 0.1) is 12.7 Å². The number of hydrogen-bond acceptors (Lipinski definition) is 4. The number of aromatic nitrogens is 2. The number of carbonyl (C=O) groups excluding carboxylic acids is 1. The number of halogens is 4. The second kappa shape index (κ2) is 8.57. The maximum atomic E-state index is 13.1. The highest BCUT2D eigenvalue weighted by Gasteiger charge is 2.31. The molecule has 2 aromatic carbocycles. The minimum absolute atomic E-state index is 0.173. The first-order valence-corrected chi connectivity index (χ1v) is 10.0. The molecule has 2 heterocycles. The smallest absolute Gasteiger partial charge is 0.353 e. The summed E-state index contributed by atoms with van der Waals surface area (Å²) in [4.78, 5) is 25.1. The summed E-state index contributed by atoms with van der Waals surface area (Å²) in [6.45, 7) is 3.66. The van der Waals surface area contributed by atoms with Crippen molar-refractivity contribution in [2.75, 3.05) is 31.1 Å². The van der Waals surface area contributed by atoms with Gasteiger partial charge < -0.3 is 9.80 Å². The summed E-state index contributed by atoms with van der Waals surface area (Å²) in [6, 6.07) is 12.1. The molecule has 166 valence electrons. The summed E-state index contributed by atoms with van der Waals surface area (Å²) in [5.74, 6) is 0.241. The lowest BCUT2D eigenvalue weighted by atomic mass is 10.1. The summed E-state index contributed by atoms with van der Waals surface area (Å²) in [7, 11) is 0. The van der Waals surface area contributed by atoms with Gasteiger partial charge in [0.05, 0.1) is 5.56 Å². The molecule has 0 aliphatic carbocycles. The second-order valence-electron chi connectivity index (χ2n) is 7.56. The van der Waals surface area contributed by atoms with Crippen LogP contribution in [0.25, 0.3) is 11.4 Å². The van der Waals surface area contributed by atoms with Crippen LogP contribution in [-0.2, 0) is 6.18 Å². The SMILES string of the molecule is Cc1cc(N2CCN(C(=O)c3ccc(F)cc3)CC2)nc(-c2cccc(C(F)(F)F)c2)n1. The van der Waals surface area contributed by atoms with Crippen molar-refractivity contribution in [2.45, 2.75) is 13.1 Å². The van der Waals surface area contributed by atoms with E-state index in [1.165, 1.54) is 30.3 Å². The van der Waals surface area contributed by atoms with Gasteiger partial charge in [0.2, 0.25) is 0 Å². The molecule has 0 saturated carbocycles. The standard InChI is InChI=1S/C23H20F4N4O/c1-15-13-20(29-21(28-15)17-3-2-4-18(14-17)23(25,26)27)30-9-11-31(12-10-30)22(32)16-5-7-19(24)8-6-16/h2-8,13-14H,9-12H2,1H3. The fourth-order valence-corrected chi connectivity index (χ4v) is 3.59. The first-order chi connectivity index (χ1) is 15.2. The first-order valence-electron chi connectivity index (χ1n) is 10.0. The summed E-state index contributed by atoms with van der Waals surface area (Å²) >= 11 is 0. The van der Waals surface area contributed by atoms with E-state index in [4.69, 9.17) is 0 Å². The molecular formula is C23H20F4N4O. The predicted octanol–water partition coefficient (Wildman–Crippen LogP) is 4.57. The highest BCUT2D eigenvalue weighted by atomic mass is 19.4. The number of nitrogens with zero attached hydrogens (tertiary/aromatic N) is 4. The van der Waals surface area contributed by atoms with Crippen molar-refractivity contribution in [2.24, 2.45) is 0 Å². The third-order valence-electron chi connectivity index (χ3n) is 5.27. The monoisotopic (exact) mass is 444 g/mol. The number of amides is 1. The molecule has 1 amide bonds. The van der Waals surface area contributed by atoms with Crippen molar-refractivity contribution in [3.05, 3.63) is 77.2 Å². The highest BCUT2D eigenvalue weighted by Crippen LogP contribution is 2.32. The van der Waals surface area contributed by atoms with E-state index in [1.54, 1.807) is 24.0 Å². The lowest BCUT2D eigenvalue weighted by Gasteiger charge is -2.35. The van der Waals surface area contributed by atoms with Gasteiger partial charge in [0.1, 0.15) is 11.6 Å². The van der Waals surface area contributed by atoms with E-state index in [1.807, 2.05) is 4.90 Å². The molecule has 0 spiro atoms. The van der Waals surface area contributed by atoms with Gasteiger partial charge in [-0.1, -0.05) is 12.1 Å². The second-order valence-corrected chi connectivity index (χ2v) is 7.56. The maximum absolute atomic E-state index is 13.1. The molecule has 9 heteroatoms. The molecule has 0 radical (unpaired) electrons. The summed E-state index contributed by atoms with van der Waals surface area (Å²) in [6.07, 6.45) is -4.45. The average Bonchev–Trinajstić information content (AvgIpc) is 2.78. The molecule has 3 aromatic rings. The molecule has 1 saturated heterocycles. The molecule has 4 rings (SSSR count). The molecule has 1 fully saturated rings. The summed E-state index contributed by atoms with van der Waals surface area (Å²) in [5.41, 5.74) is 0.585. The Morgan fingerprint density at radius 2 is 1.62 bits per heavy atom. The molecule has 0 N–H and O–H groups in total. The zero-order valence-electron chi connectivity index (χ0n) is 17.2. The van der Waals surface area contributed by atoms with Gasteiger partial charge in [-0.3, -0.25) is 4.79 Å². The van der Waals surface area contributed by atoms with E-state index >= 15 is 0 Å². The fraction of sp³-hybridized carbons (Fsp3) is 0.261. The normalized spacial score (nSPS) is 14.5. The number of piperazine rings is 1. The molecule has 0 unspecified atom stereocenters. The van der Waals surface area contributed by atoms with Gasteiger partial charge in [-0.05, 0) is 43.3 Å². The van der Waals surface area contributed by atoms with Crippen LogP contribution in [0.15, 0.2) is 54.6 Å². The van der Waals surface area contributed by atoms with Crippen LogP contribution in [-0.4, -0.2) is 47.0 Å². The van der Waals surface area contributed by atoms with Gasteiger partial charge in [0.25, 0.3) is 5.91 Å². The van der Waals surface area contributed by atoms with Crippen LogP contribution in [0.1, 0.15) is 21.6 Å². The third kappa shape index (κ3) is 4.71. The van der Waals surface area contributed by atoms with E-state index in [2.05, 4.69) is 9.97 Å². The van der Waals surface area contributed by atoms with Gasteiger partial charge in [0.15, 0.2) is 5.82 Å². The first kappa shape index (κ1) is 21.7. The molecule has 1 aliphatic heterocycles. The summed E-state index contributed by atoms with van der Waals surface area (Å²) < 4.78 is 52.3. The fourth-order valence-electron chi connectivity index (χ4n) is 3.59. The topological polar surface area (TPSA) is 49.3 Å². The number of hydrogen-bond donors (Lipinski definition) is 0. The van der Waals surface area contributed by atoms with Gasteiger partial charge in [-0.2, -0.15) is 13.2 Å². The molecule has 0 atom stereocenters. The molecule has 1 aromatic heterocycles. The molecule has 5 nitrogen and oxygen atoms in total. The van der Waals surface area contributed by atoms with E-state index in [0.717, 1.165) is 12.1 Å². The number of anilines is 1. The Labute approximate surface area is 182 Å². The van der Waals surface area contributed by atoms with Crippen molar-refractivity contribution in [3.63, 3.8) is 0 Å². The van der Waals surface area contributed by atoms with Gasteiger partial charge >= 0.3 is 6.18 Å². The van der Waals surface area contributed by atoms with Crippen molar-refractivity contribution in [1.29, 1.82) is 0 Å². The van der Waals surface area contributed by atoms with Crippen LogP contribution in [0.5, 0.6) is 0 Å². The van der Waals surface area contributed by atoms with E-state index < -0.39 is 17.6 Å². The Bertz CT molecular complexity index is 1120. The molecule has 0 bridgehead atoms. The largest absolute Gasteiger partial charge is 0.416 e. The van der Waals surface area contributed by atoms with Crippen LogP contribution < -0.4 is 4.90 Å².